The van der Waals surface area contributed by atoms with E-state index < -0.39 is 0 Å². The van der Waals surface area contributed by atoms with Crippen molar-refractivity contribution in [2.45, 2.75) is 40.3 Å². The molecule has 0 radical (unpaired) electrons. The number of hydrogen-bond donors (Lipinski definition) is 1. The lowest BCUT2D eigenvalue weighted by atomic mass is 10.0. The minimum atomic E-state index is -0.334. The Morgan fingerprint density at radius 2 is 1.55 bits per heavy atom. The third-order valence-electron chi connectivity index (χ3n) is 5.43. The molecule has 0 saturated heterocycles. The van der Waals surface area contributed by atoms with E-state index in [9.17, 15) is 9.59 Å². The molecule has 1 heterocycles. The van der Waals surface area contributed by atoms with E-state index in [1.54, 1.807) is 0 Å². The number of ether oxygens (including phenoxy) is 1. The fourth-order valence-corrected chi connectivity index (χ4v) is 3.82. The highest BCUT2D eigenvalue weighted by Gasteiger charge is 2.39. The molecule has 4 rings (SSSR count). The van der Waals surface area contributed by atoms with Gasteiger partial charge in [-0.2, -0.15) is 0 Å². The second-order valence-corrected chi connectivity index (χ2v) is 8.62. The molecule has 5 nitrogen and oxygen atoms in total. The molecule has 1 aliphatic heterocycles. The standard InChI is InChI=1S/C28H28N2O3/c1-18(2)33-24-14-12-22(13-15-24)25-26(29-23-7-5-6-20(4)16-23)28(32)30(27(25)31)17-21-10-8-19(3)9-11-21/h5-16,18,29H,17H2,1-4H3. The largest absolute Gasteiger partial charge is 0.491 e. The Labute approximate surface area is 194 Å². The van der Waals surface area contributed by atoms with Gasteiger partial charge in [0, 0.05) is 5.69 Å². The summed E-state index contributed by atoms with van der Waals surface area (Å²) in [4.78, 5) is 28.2. The number of carbonyl (C=O) groups excluding carboxylic acids is 2. The van der Waals surface area contributed by atoms with Crippen LogP contribution in [0, 0.1) is 13.8 Å². The molecule has 0 spiro atoms. The zero-order chi connectivity index (χ0) is 23.5. The fraction of sp³-hybridized carbons (Fsp3) is 0.214. The molecule has 0 fully saturated rings. The Bertz CT molecular complexity index is 1210. The van der Waals surface area contributed by atoms with E-state index in [4.69, 9.17) is 4.74 Å². The second-order valence-electron chi connectivity index (χ2n) is 8.62. The molecule has 3 aromatic carbocycles. The average molecular weight is 441 g/mol. The summed E-state index contributed by atoms with van der Waals surface area (Å²) in [6, 6.07) is 22.9. The monoisotopic (exact) mass is 440 g/mol. The number of anilines is 1. The van der Waals surface area contributed by atoms with E-state index in [-0.39, 0.29) is 30.2 Å². The third-order valence-corrected chi connectivity index (χ3v) is 5.43. The van der Waals surface area contributed by atoms with Crippen molar-refractivity contribution in [3.63, 3.8) is 0 Å². The van der Waals surface area contributed by atoms with Crippen LogP contribution in [0.4, 0.5) is 5.69 Å². The van der Waals surface area contributed by atoms with Crippen molar-refractivity contribution in [3.05, 3.63) is 101 Å². The molecule has 0 bridgehead atoms. The Morgan fingerprint density at radius 3 is 2.18 bits per heavy atom. The van der Waals surface area contributed by atoms with Gasteiger partial charge in [0.25, 0.3) is 11.8 Å². The lowest BCUT2D eigenvalue weighted by Crippen LogP contribution is -2.32. The van der Waals surface area contributed by atoms with Gasteiger partial charge in [0.1, 0.15) is 11.4 Å². The van der Waals surface area contributed by atoms with Crippen molar-refractivity contribution >= 4 is 23.1 Å². The number of hydrogen-bond acceptors (Lipinski definition) is 4. The summed E-state index contributed by atoms with van der Waals surface area (Å²) in [6.45, 7) is 8.13. The van der Waals surface area contributed by atoms with Crippen molar-refractivity contribution in [2.75, 3.05) is 5.32 Å². The van der Waals surface area contributed by atoms with Crippen LogP contribution in [0.3, 0.4) is 0 Å². The Balaban J connectivity index is 1.71. The van der Waals surface area contributed by atoms with Crippen LogP contribution in [0.25, 0.3) is 5.57 Å². The van der Waals surface area contributed by atoms with E-state index in [2.05, 4.69) is 5.32 Å². The summed E-state index contributed by atoms with van der Waals surface area (Å²) >= 11 is 0. The average Bonchev–Trinajstić information content (AvgIpc) is 3.00. The first kappa shape index (κ1) is 22.3. The molecule has 1 aliphatic rings. The van der Waals surface area contributed by atoms with Gasteiger partial charge in [-0.15, -0.1) is 0 Å². The molecule has 33 heavy (non-hydrogen) atoms. The molecule has 2 amide bonds. The molecule has 1 N–H and O–H groups in total. The zero-order valence-corrected chi connectivity index (χ0v) is 19.4. The molecule has 0 atom stereocenters. The van der Waals surface area contributed by atoms with Crippen molar-refractivity contribution in [2.24, 2.45) is 0 Å². The number of aryl methyl sites for hydroxylation is 2. The van der Waals surface area contributed by atoms with Gasteiger partial charge >= 0.3 is 0 Å². The van der Waals surface area contributed by atoms with Crippen LogP contribution in [0.5, 0.6) is 5.75 Å². The Kier molecular flexibility index (Phi) is 6.31. The van der Waals surface area contributed by atoms with Gasteiger partial charge in [0.05, 0.1) is 18.2 Å². The van der Waals surface area contributed by atoms with Crippen molar-refractivity contribution in [1.29, 1.82) is 0 Å². The number of rotatable bonds is 7. The summed E-state index contributed by atoms with van der Waals surface area (Å²) < 4.78 is 5.73. The predicted octanol–water partition coefficient (Wildman–Crippen LogP) is 5.48. The SMILES string of the molecule is Cc1ccc(CN2C(=O)C(Nc3cccc(C)c3)=C(c3ccc(OC(C)C)cc3)C2=O)cc1. The van der Waals surface area contributed by atoms with Crippen molar-refractivity contribution < 1.29 is 14.3 Å². The van der Waals surface area contributed by atoms with Crippen molar-refractivity contribution in [1.82, 2.24) is 4.90 Å². The van der Waals surface area contributed by atoms with Crippen LogP contribution in [0.15, 0.2) is 78.5 Å². The molecular formula is C28H28N2O3. The fourth-order valence-electron chi connectivity index (χ4n) is 3.82. The minimum Gasteiger partial charge on any atom is -0.491 e. The van der Waals surface area contributed by atoms with E-state index >= 15 is 0 Å². The molecule has 0 unspecified atom stereocenters. The second kappa shape index (κ2) is 9.33. The van der Waals surface area contributed by atoms with Gasteiger partial charge < -0.3 is 10.1 Å². The first-order valence-corrected chi connectivity index (χ1v) is 11.1. The van der Waals surface area contributed by atoms with Gasteiger partial charge in [-0.3, -0.25) is 14.5 Å². The number of imide groups is 1. The topological polar surface area (TPSA) is 58.6 Å². The van der Waals surface area contributed by atoms with Gasteiger partial charge in [-0.25, -0.2) is 0 Å². The van der Waals surface area contributed by atoms with E-state index in [0.717, 1.165) is 28.1 Å². The maximum Gasteiger partial charge on any atom is 0.278 e. The van der Waals surface area contributed by atoms with Gasteiger partial charge in [0.2, 0.25) is 0 Å². The first-order chi connectivity index (χ1) is 15.8. The zero-order valence-electron chi connectivity index (χ0n) is 19.4. The maximum absolute atomic E-state index is 13.5. The number of nitrogens with zero attached hydrogens (tertiary/aromatic N) is 1. The van der Waals surface area contributed by atoms with Crippen LogP contribution < -0.4 is 10.1 Å². The molecule has 0 aromatic heterocycles. The highest BCUT2D eigenvalue weighted by molar-refractivity contribution is 6.36. The molecule has 0 saturated carbocycles. The molecule has 5 heteroatoms. The van der Waals surface area contributed by atoms with Gasteiger partial charge in [-0.05, 0) is 68.7 Å². The predicted molar refractivity (Wildman–Crippen MR) is 131 cm³/mol. The maximum atomic E-state index is 13.5. The highest BCUT2D eigenvalue weighted by Crippen LogP contribution is 2.32. The number of amides is 2. The first-order valence-electron chi connectivity index (χ1n) is 11.1. The third kappa shape index (κ3) is 4.98. The molecular weight excluding hydrogens is 412 g/mol. The summed E-state index contributed by atoms with van der Waals surface area (Å²) in [5, 5.41) is 3.22. The summed E-state index contributed by atoms with van der Waals surface area (Å²) in [5.41, 5.74) is 5.18. The molecule has 0 aliphatic carbocycles. The lowest BCUT2D eigenvalue weighted by Gasteiger charge is -2.16. The normalized spacial score (nSPS) is 13.8. The van der Waals surface area contributed by atoms with Gasteiger partial charge in [0.15, 0.2) is 0 Å². The van der Waals surface area contributed by atoms with Crippen LogP contribution in [0.1, 0.15) is 36.1 Å². The molecule has 3 aromatic rings. The van der Waals surface area contributed by atoms with E-state index in [0.29, 0.717) is 11.1 Å². The van der Waals surface area contributed by atoms with E-state index in [1.165, 1.54) is 4.90 Å². The quantitative estimate of drug-likeness (QED) is 0.494. The summed E-state index contributed by atoms with van der Waals surface area (Å²) in [5.74, 6) is 0.0728. The lowest BCUT2D eigenvalue weighted by molar-refractivity contribution is -0.137. The number of benzene rings is 3. The van der Waals surface area contributed by atoms with Crippen molar-refractivity contribution in [3.8, 4) is 5.75 Å². The number of nitrogens with one attached hydrogen (secondary N) is 1. The summed E-state index contributed by atoms with van der Waals surface area (Å²) in [7, 11) is 0. The smallest absolute Gasteiger partial charge is 0.278 e. The van der Waals surface area contributed by atoms with Crippen LogP contribution in [-0.4, -0.2) is 22.8 Å². The van der Waals surface area contributed by atoms with Gasteiger partial charge in [-0.1, -0.05) is 54.1 Å². The van der Waals surface area contributed by atoms with E-state index in [1.807, 2.05) is 100 Å². The summed E-state index contributed by atoms with van der Waals surface area (Å²) in [6.07, 6.45) is 0.0494. The number of carbonyl (C=O) groups is 2. The van der Waals surface area contributed by atoms with Crippen LogP contribution in [0.2, 0.25) is 0 Å². The Morgan fingerprint density at radius 1 is 0.848 bits per heavy atom. The minimum absolute atomic E-state index is 0.0494. The molecule has 168 valence electrons. The van der Waals surface area contributed by atoms with Crippen LogP contribution >= 0.6 is 0 Å². The van der Waals surface area contributed by atoms with Crippen LogP contribution in [-0.2, 0) is 16.1 Å². The highest BCUT2D eigenvalue weighted by atomic mass is 16.5. The Hall–Kier alpha value is -3.86.